The highest BCUT2D eigenvalue weighted by molar-refractivity contribution is 14.1. The van der Waals surface area contributed by atoms with E-state index in [1.54, 1.807) is 18.6 Å². The van der Waals surface area contributed by atoms with Gasteiger partial charge in [-0.15, -0.1) is 0 Å². The predicted octanol–water partition coefficient (Wildman–Crippen LogP) is 1.52. The van der Waals surface area contributed by atoms with E-state index in [1.165, 1.54) is 0 Å². The molecule has 1 unspecified atom stereocenters. The molecule has 4 heteroatoms. The van der Waals surface area contributed by atoms with Gasteiger partial charge in [-0.05, 0) is 0 Å². The van der Waals surface area contributed by atoms with E-state index < -0.39 is 0 Å². The number of halogens is 1. The van der Waals surface area contributed by atoms with Gasteiger partial charge in [-0.1, -0.05) is 22.6 Å². The van der Waals surface area contributed by atoms with Crippen molar-refractivity contribution in [1.82, 2.24) is 9.97 Å². The van der Waals surface area contributed by atoms with Gasteiger partial charge in [0, 0.05) is 23.0 Å². The van der Waals surface area contributed by atoms with Crippen LogP contribution in [0.2, 0.25) is 0 Å². The summed E-state index contributed by atoms with van der Waals surface area (Å²) < 4.78 is 0.757. The van der Waals surface area contributed by atoms with E-state index in [1.807, 2.05) is 0 Å². The van der Waals surface area contributed by atoms with Crippen LogP contribution in [0.5, 0.6) is 0 Å². The van der Waals surface area contributed by atoms with Crippen LogP contribution < -0.4 is 0 Å². The molecule has 1 aromatic rings. The Kier molecular flexibility index (Phi) is 3.23. The molecular weight excluding hydrogens is 253 g/mol. The van der Waals surface area contributed by atoms with E-state index in [9.17, 15) is 0 Å². The highest BCUT2D eigenvalue weighted by Gasteiger charge is 2.08. The van der Waals surface area contributed by atoms with Gasteiger partial charge in [0.2, 0.25) is 0 Å². The van der Waals surface area contributed by atoms with E-state index in [2.05, 4.69) is 38.6 Å². The summed E-state index contributed by atoms with van der Waals surface area (Å²) in [4.78, 5) is 7.92. The Labute approximate surface area is 78.6 Å². The van der Waals surface area contributed by atoms with Crippen molar-refractivity contribution in [2.75, 3.05) is 4.43 Å². The Morgan fingerprint density at radius 2 is 2.45 bits per heavy atom. The largest absolute Gasteiger partial charge is 0.261 e. The normalized spacial score (nSPS) is 12.0. The monoisotopic (exact) mass is 259 g/mol. The molecule has 0 aliphatic carbocycles. The molecule has 1 heterocycles. The molecule has 0 N–H and O–H groups in total. The van der Waals surface area contributed by atoms with Crippen molar-refractivity contribution in [2.45, 2.75) is 5.92 Å². The summed E-state index contributed by atoms with van der Waals surface area (Å²) in [6.45, 7) is 0. The number of rotatable bonds is 2. The molecule has 0 saturated heterocycles. The van der Waals surface area contributed by atoms with Gasteiger partial charge in [0.05, 0.1) is 17.7 Å². The minimum absolute atomic E-state index is 0.121. The summed E-state index contributed by atoms with van der Waals surface area (Å²) in [5, 5.41) is 8.66. The third-order valence-corrected chi connectivity index (χ3v) is 2.13. The molecule has 0 bridgehead atoms. The molecule has 0 amide bonds. The molecule has 11 heavy (non-hydrogen) atoms. The third kappa shape index (κ3) is 2.12. The second-order valence-corrected chi connectivity index (χ2v) is 2.85. The van der Waals surface area contributed by atoms with E-state index in [4.69, 9.17) is 5.26 Å². The zero-order chi connectivity index (χ0) is 8.10. The van der Waals surface area contributed by atoms with Gasteiger partial charge in [0.25, 0.3) is 0 Å². The van der Waals surface area contributed by atoms with Crippen molar-refractivity contribution in [1.29, 1.82) is 5.26 Å². The fourth-order valence-electron chi connectivity index (χ4n) is 0.670. The Bertz CT molecular complexity index is 254. The van der Waals surface area contributed by atoms with Crippen molar-refractivity contribution in [3.8, 4) is 6.07 Å². The highest BCUT2D eigenvalue weighted by atomic mass is 127. The zero-order valence-electron chi connectivity index (χ0n) is 5.74. The molecule has 0 aromatic carbocycles. The first-order valence-electron chi connectivity index (χ1n) is 3.10. The molecule has 0 saturated carbocycles. The number of alkyl halides is 1. The summed E-state index contributed by atoms with van der Waals surface area (Å²) in [5.41, 5.74) is 0.754. The summed E-state index contributed by atoms with van der Waals surface area (Å²) in [5.74, 6) is -0.121. The molecule has 0 radical (unpaired) electrons. The van der Waals surface area contributed by atoms with Crippen molar-refractivity contribution in [3.05, 3.63) is 24.3 Å². The molecule has 1 atom stereocenters. The Hall–Kier alpha value is -0.700. The molecular formula is C7H6IN3. The average molecular weight is 259 g/mol. The lowest BCUT2D eigenvalue weighted by atomic mass is 10.1. The van der Waals surface area contributed by atoms with Gasteiger partial charge in [0.15, 0.2) is 0 Å². The summed E-state index contributed by atoms with van der Waals surface area (Å²) in [6, 6.07) is 2.16. The lowest BCUT2D eigenvalue weighted by Crippen LogP contribution is -1.99. The molecule has 0 aliphatic rings. The van der Waals surface area contributed by atoms with Crippen molar-refractivity contribution in [3.63, 3.8) is 0 Å². The maximum Gasteiger partial charge on any atom is 0.0989 e. The second kappa shape index (κ2) is 4.23. The first-order chi connectivity index (χ1) is 5.38. The fourth-order valence-corrected chi connectivity index (χ4v) is 1.32. The summed E-state index contributed by atoms with van der Waals surface area (Å²) in [6.07, 6.45) is 4.84. The highest BCUT2D eigenvalue weighted by Crippen LogP contribution is 2.12. The minimum Gasteiger partial charge on any atom is -0.261 e. The second-order valence-electron chi connectivity index (χ2n) is 1.97. The van der Waals surface area contributed by atoms with Gasteiger partial charge in [-0.3, -0.25) is 9.97 Å². The lowest BCUT2D eigenvalue weighted by molar-refractivity contribution is 0.923. The first-order valence-corrected chi connectivity index (χ1v) is 4.62. The van der Waals surface area contributed by atoms with E-state index in [0.717, 1.165) is 10.1 Å². The maximum absolute atomic E-state index is 8.66. The average Bonchev–Trinajstić information content (AvgIpc) is 2.09. The Balaban J connectivity index is 2.85. The number of nitriles is 1. The Morgan fingerprint density at radius 3 is 2.91 bits per heavy atom. The van der Waals surface area contributed by atoms with Gasteiger partial charge in [-0.25, -0.2) is 0 Å². The zero-order valence-corrected chi connectivity index (χ0v) is 7.89. The van der Waals surface area contributed by atoms with Crippen LogP contribution in [0.3, 0.4) is 0 Å². The first kappa shape index (κ1) is 8.40. The standard InChI is InChI=1S/C7H6IN3/c8-3-6(4-9)7-5-10-1-2-11-7/h1-2,5-6H,3H2. The smallest absolute Gasteiger partial charge is 0.0989 e. The van der Waals surface area contributed by atoms with Crippen LogP contribution in [0.15, 0.2) is 18.6 Å². The summed E-state index contributed by atoms with van der Waals surface area (Å²) >= 11 is 2.16. The van der Waals surface area contributed by atoms with Gasteiger partial charge in [0.1, 0.15) is 0 Å². The number of hydrogen-bond acceptors (Lipinski definition) is 3. The van der Waals surface area contributed by atoms with Crippen LogP contribution in [0.4, 0.5) is 0 Å². The van der Waals surface area contributed by atoms with Crippen LogP contribution >= 0.6 is 22.6 Å². The SMILES string of the molecule is N#CC(CI)c1cnccn1. The van der Waals surface area contributed by atoms with Crippen LogP contribution in [0.1, 0.15) is 11.6 Å². The third-order valence-electron chi connectivity index (χ3n) is 1.25. The molecule has 0 spiro atoms. The molecule has 0 aliphatic heterocycles. The molecule has 0 fully saturated rings. The van der Waals surface area contributed by atoms with Crippen molar-refractivity contribution < 1.29 is 0 Å². The van der Waals surface area contributed by atoms with Crippen molar-refractivity contribution >= 4 is 22.6 Å². The van der Waals surface area contributed by atoms with E-state index >= 15 is 0 Å². The number of nitrogens with zero attached hydrogens (tertiary/aromatic N) is 3. The number of hydrogen-bond donors (Lipinski definition) is 0. The molecule has 56 valence electrons. The fraction of sp³-hybridized carbons (Fsp3) is 0.286. The van der Waals surface area contributed by atoms with Crippen LogP contribution in [0.25, 0.3) is 0 Å². The maximum atomic E-state index is 8.66. The molecule has 1 aromatic heterocycles. The topological polar surface area (TPSA) is 49.6 Å². The van der Waals surface area contributed by atoms with E-state index in [0.29, 0.717) is 0 Å². The van der Waals surface area contributed by atoms with Crippen LogP contribution in [-0.2, 0) is 0 Å². The predicted molar refractivity (Wildman–Crippen MR) is 49.3 cm³/mol. The van der Waals surface area contributed by atoms with Crippen LogP contribution in [-0.4, -0.2) is 14.4 Å². The molecule has 1 rings (SSSR count). The van der Waals surface area contributed by atoms with Gasteiger partial charge in [-0.2, -0.15) is 5.26 Å². The summed E-state index contributed by atoms with van der Waals surface area (Å²) in [7, 11) is 0. The Morgan fingerprint density at radius 1 is 1.64 bits per heavy atom. The van der Waals surface area contributed by atoms with E-state index in [-0.39, 0.29) is 5.92 Å². The minimum atomic E-state index is -0.121. The quantitative estimate of drug-likeness (QED) is 0.597. The lowest BCUT2D eigenvalue weighted by Gasteiger charge is -2.00. The molecule has 3 nitrogen and oxygen atoms in total. The van der Waals surface area contributed by atoms with Gasteiger partial charge < -0.3 is 0 Å². The number of aromatic nitrogens is 2. The van der Waals surface area contributed by atoms with Crippen LogP contribution in [0, 0.1) is 11.3 Å². The van der Waals surface area contributed by atoms with Gasteiger partial charge >= 0.3 is 0 Å². The van der Waals surface area contributed by atoms with Crippen molar-refractivity contribution in [2.24, 2.45) is 0 Å².